The number of amides is 1. The number of likely N-dealkylation sites (tertiary alicyclic amines) is 1. The highest BCUT2D eigenvalue weighted by molar-refractivity contribution is 5.79. The molecule has 0 saturated carbocycles. The van der Waals surface area contributed by atoms with Gasteiger partial charge in [0, 0.05) is 13.0 Å². The molecule has 1 saturated heterocycles. The molecule has 4 heteroatoms. The van der Waals surface area contributed by atoms with Gasteiger partial charge in [-0.25, -0.2) is 0 Å². The fourth-order valence-electron chi connectivity index (χ4n) is 2.30. The summed E-state index contributed by atoms with van der Waals surface area (Å²) in [5.41, 5.74) is 2.30. The van der Waals surface area contributed by atoms with E-state index < -0.39 is 0 Å². The molecule has 1 fully saturated rings. The van der Waals surface area contributed by atoms with E-state index in [1.165, 1.54) is 5.56 Å². The number of nitrogens with zero attached hydrogens (tertiary/aromatic N) is 2. The molecule has 0 aromatic heterocycles. The zero-order chi connectivity index (χ0) is 13.8. The van der Waals surface area contributed by atoms with Crippen LogP contribution in [-0.4, -0.2) is 30.5 Å². The van der Waals surface area contributed by atoms with Crippen LogP contribution in [0.1, 0.15) is 17.5 Å². The lowest BCUT2D eigenvalue weighted by atomic mass is 10.1. The molecule has 4 nitrogen and oxygen atoms in total. The van der Waals surface area contributed by atoms with Crippen molar-refractivity contribution < 1.29 is 9.53 Å². The average molecular weight is 258 g/mol. The standard InChI is InChI=1S/C15H18N2O2/c1-11-3-4-14(12(2)7-11)19-6-5-17-10-13(9-16)8-15(17)18/h3-4,7,13H,5-6,8,10H2,1-2H3. The van der Waals surface area contributed by atoms with Crippen LogP contribution in [0.5, 0.6) is 5.75 Å². The second-order valence-electron chi connectivity index (χ2n) is 4.99. The first-order valence-electron chi connectivity index (χ1n) is 6.47. The number of carbonyl (C=O) groups excluding carboxylic acids is 1. The van der Waals surface area contributed by atoms with Crippen LogP contribution in [0.3, 0.4) is 0 Å². The topological polar surface area (TPSA) is 53.3 Å². The SMILES string of the molecule is Cc1ccc(OCCN2CC(C#N)CC2=O)c(C)c1. The smallest absolute Gasteiger partial charge is 0.224 e. The van der Waals surface area contributed by atoms with Gasteiger partial charge < -0.3 is 9.64 Å². The van der Waals surface area contributed by atoms with Gasteiger partial charge in [-0.05, 0) is 25.5 Å². The van der Waals surface area contributed by atoms with Gasteiger partial charge in [-0.1, -0.05) is 17.7 Å². The van der Waals surface area contributed by atoms with Crippen LogP contribution in [0.25, 0.3) is 0 Å². The zero-order valence-electron chi connectivity index (χ0n) is 11.3. The van der Waals surface area contributed by atoms with E-state index in [2.05, 4.69) is 12.1 Å². The molecular weight excluding hydrogens is 240 g/mol. The summed E-state index contributed by atoms with van der Waals surface area (Å²) in [5.74, 6) is 0.749. The highest BCUT2D eigenvalue weighted by Gasteiger charge is 2.28. The first-order valence-corrected chi connectivity index (χ1v) is 6.47. The minimum Gasteiger partial charge on any atom is -0.491 e. The Morgan fingerprint density at radius 3 is 2.89 bits per heavy atom. The van der Waals surface area contributed by atoms with Crippen molar-refractivity contribution in [1.82, 2.24) is 4.90 Å². The summed E-state index contributed by atoms with van der Waals surface area (Å²) in [5, 5.41) is 8.81. The van der Waals surface area contributed by atoms with E-state index in [-0.39, 0.29) is 11.8 Å². The third-order valence-electron chi connectivity index (χ3n) is 3.35. The lowest BCUT2D eigenvalue weighted by Gasteiger charge is -2.16. The van der Waals surface area contributed by atoms with Crippen molar-refractivity contribution in [1.29, 1.82) is 5.26 Å². The number of nitriles is 1. The first kappa shape index (κ1) is 13.4. The van der Waals surface area contributed by atoms with Crippen LogP contribution in [0.4, 0.5) is 0 Å². The van der Waals surface area contributed by atoms with Crippen LogP contribution < -0.4 is 4.74 Å². The van der Waals surface area contributed by atoms with Gasteiger partial charge >= 0.3 is 0 Å². The van der Waals surface area contributed by atoms with Crippen LogP contribution in [-0.2, 0) is 4.79 Å². The molecule has 1 heterocycles. The minimum absolute atomic E-state index is 0.0516. The minimum atomic E-state index is -0.159. The average Bonchev–Trinajstić information content (AvgIpc) is 2.73. The number of benzene rings is 1. The number of hydrogen-bond acceptors (Lipinski definition) is 3. The third-order valence-corrected chi connectivity index (χ3v) is 3.35. The van der Waals surface area contributed by atoms with E-state index in [1.54, 1.807) is 4.90 Å². The number of aryl methyl sites for hydroxylation is 2. The predicted molar refractivity (Wildman–Crippen MR) is 71.7 cm³/mol. The van der Waals surface area contributed by atoms with Crippen LogP contribution in [0.2, 0.25) is 0 Å². The van der Waals surface area contributed by atoms with Crippen LogP contribution >= 0.6 is 0 Å². The summed E-state index contributed by atoms with van der Waals surface area (Å²) >= 11 is 0. The number of carbonyl (C=O) groups is 1. The van der Waals surface area contributed by atoms with Gasteiger partial charge in [0.15, 0.2) is 0 Å². The third kappa shape index (κ3) is 3.25. The van der Waals surface area contributed by atoms with E-state index in [0.29, 0.717) is 26.1 Å². The maximum absolute atomic E-state index is 11.6. The summed E-state index contributed by atoms with van der Waals surface area (Å²) in [6.45, 7) is 5.60. The Balaban J connectivity index is 1.84. The normalized spacial score (nSPS) is 18.5. The molecule has 1 unspecified atom stereocenters. The summed E-state index contributed by atoms with van der Waals surface area (Å²) in [7, 11) is 0. The molecule has 1 aromatic carbocycles. The Morgan fingerprint density at radius 1 is 1.47 bits per heavy atom. The molecule has 2 rings (SSSR count). The quantitative estimate of drug-likeness (QED) is 0.830. The van der Waals surface area contributed by atoms with Crippen molar-refractivity contribution in [2.45, 2.75) is 20.3 Å². The molecule has 0 aliphatic carbocycles. The summed E-state index contributed by atoms with van der Waals surface area (Å²) in [6.07, 6.45) is 0.347. The molecule has 0 bridgehead atoms. The molecule has 1 amide bonds. The Bertz CT molecular complexity index is 519. The van der Waals surface area contributed by atoms with Gasteiger partial charge in [0.05, 0.1) is 18.5 Å². The van der Waals surface area contributed by atoms with E-state index >= 15 is 0 Å². The maximum Gasteiger partial charge on any atom is 0.224 e. The second kappa shape index (κ2) is 5.75. The molecule has 0 N–H and O–H groups in total. The lowest BCUT2D eigenvalue weighted by molar-refractivity contribution is -0.128. The zero-order valence-corrected chi connectivity index (χ0v) is 11.3. The summed E-state index contributed by atoms with van der Waals surface area (Å²) in [6, 6.07) is 8.18. The highest BCUT2D eigenvalue weighted by Crippen LogP contribution is 2.20. The van der Waals surface area contributed by atoms with Gasteiger partial charge in [0.25, 0.3) is 0 Å². The van der Waals surface area contributed by atoms with Crippen molar-refractivity contribution in [2.24, 2.45) is 5.92 Å². The van der Waals surface area contributed by atoms with Crippen LogP contribution in [0.15, 0.2) is 18.2 Å². The molecular formula is C15H18N2O2. The van der Waals surface area contributed by atoms with Crippen LogP contribution in [0, 0.1) is 31.1 Å². The number of hydrogen-bond donors (Lipinski definition) is 0. The fourth-order valence-corrected chi connectivity index (χ4v) is 2.30. The van der Waals surface area contributed by atoms with E-state index in [0.717, 1.165) is 11.3 Å². The Labute approximate surface area is 113 Å². The summed E-state index contributed by atoms with van der Waals surface area (Å²) < 4.78 is 5.69. The van der Waals surface area contributed by atoms with Crippen molar-refractivity contribution in [3.05, 3.63) is 29.3 Å². The first-order chi connectivity index (χ1) is 9.10. The molecule has 1 aliphatic rings. The van der Waals surface area contributed by atoms with Gasteiger partial charge in [-0.15, -0.1) is 0 Å². The fraction of sp³-hybridized carbons (Fsp3) is 0.467. The van der Waals surface area contributed by atoms with Crippen molar-refractivity contribution in [2.75, 3.05) is 19.7 Å². The predicted octanol–water partition coefficient (Wildman–Crippen LogP) is 2.05. The van der Waals surface area contributed by atoms with E-state index in [1.807, 2.05) is 26.0 Å². The van der Waals surface area contributed by atoms with Gasteiger partial charge in [-0.3, -0.25) is 4.79 Å². The molecule has 1 aromatic rings. The van der Waals surface area contributed by atoms with E-state index in [9.17, 15) is 4.79 Å². The largest absolute Gasteiger partial charge is 0.491 e. The molecule has 0 spiro atoms. The Morgan fingerprint density at radius 2 is 2.26 bits per heavy atom. The van der Waals surface area contributed by atoms with Crippen molar-refractivity contribution in [3.63, 3.8) is 0 Å². The molecule has 0 radical (unpaired) electrons. The monoisotopic (exact) mass is 258 g/mol. The lowest BCUT2D eigenvalue weighted by Crippen LogP contribution is -2.29. The molecule has 19 heavy (non-hydrogen) atoms. The van der Waals surface area contributed by atoms with Gasteiger partial charge in [0.1, 0.15) is 12.4 Å². The maximum atomic E-state index is 11.6. The van der Waals surface area contributed by atoms with Gasteiger partial charge in [-0.2, -0.15) is 5.26 Å². The van der Waals surface area contributed by atoms with E-state index in [4.69, 9.17) is 10.00 Å². The molecule has 100 valence electrons. The second-order valence-corrected chi connectivity index (χ2v) is 4.99. The molecule has 1 aliphatic heterocycles. The Kier molecular flexibility index (Phi) is 4.06. The molecule has 1 atom stereocenters. The highest BCUT2D eigenvalue weighted by atomic mass is 16.5. The number of rotatable bonds is 4. The van der Waals surface area contributed by atoms with Crippen molar-refractivity contribution in [3.8, 4) is 11.8 Å². The summed E-state index contributed by atoms with van der Waals surface area (Å²) in [4.78, 5) is 13.3. The number of ether oxygens (including phenoxy) is 1. The Hall–Kier alpha value is -2.02. The van der Waals surface area contributed by atoms with Crippen molar-refractivity contribution >= 4 is 5.91 Å². The van der Waals surface area contributed by atoms with Gasteiger partial charge in [0.2, 0.25) is 5.91 Å².